The van der Waals surface area contributed by atoms with Gasteiger partial charge in [-0.1, -0.05) is 12.2 Å². The van der Waals surface area contributed by atoms with E-state index in [9.17, 15) is 19.8 Å². The molecule has 0 spiro atoms. The number of aliphatic hydroxyl groups excluding tert-OH is 2. The predicted molar refractivity (Wildman–Crippen MR) is 78.4 cm³/mol. The lowest BCUT2D eigenvalue weighted by atomic mass is 9.88. The molecular formula is C16H24O5. The number of ketones is 1. The van der Waals surface area contributed by atoms with E-state index in [-0.39, 0.29) is 17.6 Å². The molecule has 0 aromatic heterocycles. The number of rotatable bonds is 6. The third-order valence-electron chi connectivity index (χ3n) is 3.87. The average molecular weight is 296 g/mol. The lowest BCUT2D eigenvalue weighted by Crippen LogP contribution is -2.21. The summed E-state index contributed by atoms with van der Waals surface area (Å²) in [6, 6.07) is 0. The number of esters is 1. The molecule has 5 nitrogen and oxygen atoms in total. The van der Waals surface area contributed by atoms with Gasteiger partial charge in [0.1, 0.15) is 5.78 Å². The maximum absolute atomic E-state index is 11.1. The van der Waals surface area contributed by atoms with Gasteiger partial charge in [0.15, 0.2) is 0 Å². The molecule has 0 heterocycles. The molecule has 1 rings (SSSR count). The van der Waals surface area contributed by atoms with Crippen LogP contribution in [0.15, 0.2) is 23.8 Å². The minimum absolute atomic E-state index is 0.0769. The second-order valence-corrected chi connectivity index (χ2v) is 5.62. The van der Waals surface area contributed by atoms with E-state index in [0.29, 0.717) is 24.8 Å². The van der Waals surface area contributed by atoms with E-state index < -0.39 is 18.2 Å². The Morgan fingerprint density at radius 1 is 1.24 bits per heavy atom. The number of allylic oxidation sites excluding steroid dienone is 2. The van der Waals surface area contributed by atoms with Gasteiger partial charge in [-0.3, -0.25) is 0 Å². The van der Waals surface area contributed by atoms with Gasteiger partial charge < -0.3 is 19.7 Å². The first kappa shape index (κ1) is 17.6. The highest BCUT2D eigenvalue weighted by atomic mass is 16.5. The highest BCUT2D eigenvalue weighted by Gasteiger charge is 2.39. The van der Waals surface area contributed by atoms with Crippen molar-refractivity contribution in [2.75, 3.05) is 7.11 Å². The van der Waals surface area contributed by atoms with E-state index in [1.807, 2.05) is 0 Å². The van der Waals surface area contributed by atoms with Crippen molar-refractivity contribution in [1.82, 2.24) is 0 Å². The summed E-state index contributed by atoms with van der Waals surface area (Å²) in [6.45, 7) is 3.28. The minimum atomic E-state index is -0.626. The summed E-state index contributed by atoms with van der Waals surface area (Å²) in [5.74, 6) is -0.697. The zero-order chi connectivity index (χ0) is 16.0. The van der Waals surface area contributed by atoms with E-state index in [0.717, 1.165) is 0 Å². The molecule has 5 heteroatoms. The second kappa shape index (κ2) is 8.10. The van der Waals surface area contributed by atoms with Crippen LogP contribution >= 0.6 is 0 Å². The van der Waals surface area contributed by atoms with Gasteiger partial charge >= 0.3 is 5.97 Å². The number of methoxy groups -OCH3 is 1. The Kier molecular flexibility index (Phi) is 6.78. The van der Waals surface area contributed by atoms with Crippen LogP contribution in [0.1, 0.15) is 33.1 Å². The Bertz CT molecular complexity index is 438. The van der Waals surface area contributed by atoms with Crippen molar-refractivity contribution < 1.29 is 24.5 Å². The SMILES string of the molecule is COC(=O)C=C(C)C=CC1C(O)CC(O)C1CCC(C)=O. The monoisotopic (exact) mass is 296 g/mol. The molecule has 0 aliphatic heterocycles. The van der Waals surface area contributed by atoms with Gasteiger partial charge in [-0.25, -0.2) is 4.79 Å². The Hall–Kier alpha value is -1.46. The first-order valence-corrected chi connectivity index (χ1v) is 7.15. The Balaban J connectivity index is 2.75. The highest BCUT2D eigenvalue weighted by Crippen LogP contribution is 2.36. The lowest BCUT2D eigenvalue weighted by Gasteiger charge is -2.20. The summed E-state index contributed by atoms with van der Waals surface area (Å²) in [6.07, 6.45) is 4.95. The molecule has 0 amide bonds. The lowest BCUT2D eigenvalue weighted by molar-refractivity contribution is -0.134. The Morgan fingerprint density at radius 3 is 2.48 bits per heavy atom. The minimum Gasteiger partial charge on any atom is -0.466 e. The third-order valence-corrected chi connectivity index (χ3v) is 3.87. The maximum atomic E-state index is 11.1. The van der Waals surface area contributed by atoms with Crippen molar-refractivity contribution in [2.45, 2.75) is 45.3 Å². The number of aliphatic hydroxyl groups is 2. The van der Waals surface area contributed by atoms with E-state index in [1.165, 1.54) is 20.1 Å². The van der Waals surface area contributed by atoms with Gasteiger partial charge in [0.05, 0.1) is 19.3 Å². The molecule has 0 radical (unpaired) electrons. The van der Waals surface area contributed by atoms with Gasteiger partial charge in [-0.05, 0) is 31.8 Å². The molecule has 1 saturated carbocycles. The number of carbonyl (C=O) groups excluding carboxylic acids is 2. The first-order chi connectivity index (χ1) is 9.85. The molecular weight excluding hydrogens is 272 g/mol. The van der Waals surface area contributed by atoms with Crippen LogP contribution in [0.5, 0.6) is 0 Å². The molecule has 4 atom stereocenters. The molecule has 1 aliphatic carbocycles. The third kappa shape index (κ3) is 5.44. The van der Waals surface area contributed by atoms with Crippen LogP contribution in [-0.4, -0.2) is 41.3 Å². The van der Waals surface area contributed by atoms with Crippen molar-refractivity contribution in [3.8, 4) is 0 Å². The molecule has 1 aliphatic rings. The number of ether oxygens (including phenoxy) is 1. The average Bonchev–Trinajstić information content (AvgIpc) is 2.67. The molecule has 0 bridgehead atoms. The van der Waals surface area contributed by atoms with Gasteiger partial charge in [0.2, 0.25) is 0 Å². The highest BCUT2D eigenvalue weighted by molar-refractivity contribution is 5.83. The second-order valence-electron chi connectivity index (χ2n) is 5.62. The molecule has 21 heavy (non-hydrogen) atoms. The molecule has 0 aromatic rings. The zero-order valence-electron chi connectivity index (χ0n) is 12.8. The van der Waals surface area contributed by atoms with E-state index >= 15 is 0 Å². The van der Waals surface area contributed by atoms with Crippen LogP contribution in [0, 0.1) is 11.8 Å². The van der Waals surface area contributed by atoms with Crippen LogP contribution in [0.3, 0.4) is 0 Å². The van der Waals surface area contributed by atoms with E-state index in [4.69, 9.17) is 0 Å². The van der Waals surface area contributed by atoms with Crippen molar-refractivity contribution in [3.63, 3.8) is 0 Å². The van der Waals surface area contributed by atoms with E-state index in [1.54, 1.807) is 19.1 Å². The van der Waals surface area contributed by atoms with Crippen LogP contribution < -0.4 is 0 Å². The van der Waals surface area contributed by atoms with E-state index in [2.05, 4.69) is 4.74 Å². The molecule has 0 saturated heterocycles. The number of hydrogen-bond donors (Lipinski definition) is 2. The molecule has 4 unspecified atom stereocenters. The zero-order valence-corrected chi connectivity index (χ0v) is 12.8. The van der Waals surface area contributed by atoms with Crippen LogP contribution in [-0.2, 0) is 14.3 Å². The fourth-order valence-corrected chi connectivity index (χ4v) is 2.70. The molecule has 1 fully saturated rings. The molecule has 0 aromatic carbocycles. The maximum Gasteiger partial charge on any atom is 0.330 e. The van der Waals surface area contributed by atoms with Crippen molar-refractivity contribution in [3.05, 3.63) is 23.8 Å². The number of Topliss-reactive ketones (excluding diaryl/α,β-unsaturated/α-hetero) is 1. The summed E-state index contributed by atoms with van der Waals surface area (Å²) in [7, 11) is 1.31. The van der Waals surface area contributed by atoms with Gasteiger partial charge in [-0.15, -0.1) is 0 Å². The fraction of sp³-hybridized carbons (Fsp3) is 0.625. The van der Waals surface area contributed by atoms with Crippen molar-refractivity contribution in [2.24, 2.45) is 11.8 Å². The normalized spacial score (nSPS) is 29.9. The van der Waals surface area contributed by atoms with Gasteiger partial charge in [0, 0.05) is 24.8 Å². The van der Waals surface area contributed by atoms with Crippen LogP contribution in [0.25, 0.3) is 0 Å². The first-order valence-electron chi connectivity index (χ1n) is 7.15. The summed E-state index contributed by atoms with van der Waals surface area (Å²) in [5, 5.41) is 20.0. The number of hydrogen-bond acceptors (Lipinski definition) is 5. The smallest absolute Gasteiger partial charge is 0.330 e. The van der Waals surface area contributed by atoms with Crippen molar-refractivity contribution >= 4 is 11.8 Å². The summed E-state index contributed by atoms with van der Waals surface area (Å²) < 4.78 is 4.54. The Labute approximate surface area is 125 Å². The standard InChI is InChI=1S/C16H24O5/c1-10(8-16(20)21-3)4-6-12-13(7-5-11(2)17)15(19)9-14(12)18/h4,6,8,12-15,18-19H,5,7,9H2,1-3H3. The fourth-order valence-electron chi connectivity index (χ4n) is 2.70. The topological polar surface area (TPSA) is 83.8 Å². The van der Waals surface area contributed by atoms with Gasteiger partial charge in [0.25, 0.3) is 0 Å². The summed E-state index contributed by atoms with van der Waals surface area (Å²) >= 11 is 0. The van der Waals surface area contributed by atoms with Gasteiger partial charge in [-0.2, -0.15) is 0 Å². The molecule has 118 valence electrons. The largest absolute Gasteiger partial charge is 0.466 e. The van der Waals surface area contributed by atoms with Crippen LogP contribution in [0.4, 0.5) is 0 Å². The molecule has 2 N–H and O–H groups in total. The predicted octanol–water partition coefficient (Wildman–Crippen LogP) is 1.39. The summed E-state index contributed by atoms with van der Waals surface area (Å²) in [5.41, 5.74) is 0.709. The summed E-state index contributed by atoms with van der Waals surface area (Å²) in [4.78, 5) is 22.2. The van der Waals surface area contributed by atoms with Crippen LogP contribution in [0.2, 0.25) is 0 Å². The van der Waals surface area contributed by atoms with Crippen molar-refractivity contribution in [1.29, 1.82) is 0 Å². The number of carbonyl (C=O) groups is 2. The quantitative estimate of drug-likeness (QED) is 0.439. The Morgan fingerprint density at radius 2 is 1.90 bits per heavy atom.